The molecule has 0 spiro atoms. The molecular formula is C21H18BrNO5. The van der Waals surface area contributed by atoms with Gasteiger partial charge in [0.15, 0.2) is 23.0 Å². The molecule has 0 bridgehead atoms. The third kappa shape index (κ3) is 2.35. The molecule has 2 aliphatic rings. The fraction of sp³-hybridized carbons (Fsp3) is 0.286. The normalized spacial score (nSPS) is 14.4. The van der Waals surface area contributed by atoms with Crippen molar-refractivity contribution in [2.45, 2.75) is 19.4 Å². The van der Waals surface area contributed by atoms with Gasteiger partial charge in [-0.3, -0.25) is 4.79 Å². The van der Waals surface area contributed by atoms with Crippen LogP contribution in [0.15, 0.2) is 33.5 Å². The molecule has 5 rings (SSSR count). The molecule has 3 heterocycles. The molecule has 7 heteroatoms. The number of hydrogen-bond donors (Lipinski definition) is 0. The van der Waals surface area contributed by atoms with Crippen LogP contribution in [0, 0.1) is 0 Å². The van der Waals surface area contributed by atoms with Crippen molar-refractivity contribution in [3.05, 3.63) is 44.7 Å². The van der Waals surface area contributed by atoms with Gasteiger partial charge in [-0.2, -0.15) is 0 Å². The van der Waals surface area contributed by atoms with E-state index in [1.807, 2.05) is 28.8 Å². The predicted octanol–water partition coefficient (Wildman–Crippen LogP) is 4.12. The van der Waals surface area contributed by atoms with Crippen molar-refractivity contribution in [3.63, 3.8) is 0 Å². The summed E-state index contributed by atoms with van der Waals surface area (Å²) < 4.78 is 24.7. The van der Waals surface area contributed by atoms with E-state index in [9.17, 15) is 4.79 Å². The SMILES string of the molecule is COc1ccc2c(Br)c3n(c(=O)c2c1OC)CCCc1cc2c(cc1-3)OCO2. The second kappa shape index (κ2) is 6.44. The number of halogens is 1. The van der Waals surface area contributed by atoms with Gasteiger partial charge in [-0.05, 0) is 58.6 Å². The van der Waals surface area contributed by atoms with Crippen molar-refractivity contribution in [1.82, 2.24) is 4.57 Å². The molecule has 0 saturated carbocycles. The Morgan fingerprint density at radius 1 is 1.11 bits per heavy atom. The second-order valence-corrected chi connectivity index (χ2v) is 7.60. The zero-order chi connectivity index (χ0) is 19.4. The molecule has 0 radical (unpaired) electrons. The quantitative estimate of drug-likeness (QED) is 0.595. The summed E-state index contributed by atoms with van der Waals surface area (Å²) >= 11 is 3.77. The number of aryl methyl sites for hydroxylation is 1. The van der Waals surface area contributed by atoms with Gasteiger partial charge >= 0.3 is 0 Å². The smallest absolute Gasteiger partial charge is 0.262 e. The lowest BCUT2D eigenvalue weighted by molar-refractivity contribution is 0.174. The van der Waals surface area contributed by atoms with Crippen molar-refractivity contribution < 1.29 is 18.9 Å². The first-order chi connectivity index (χ1) is 13.6. The summed E-state index contributed by atoms with van der Waals surface area (Å²) in [6.07, 6.45) is 1.71. The van der Waals surface area contributed by atoms with E-state index in [2.05, 4.69) is 15.9 Å². The molecule has 6 nitrogen and oxygen atoms in total. The fourth-order valence-corrected chi connectivity index (χ4v) is 4.88. The molecule has 2 aromatic carbocycles. The minimum atomic E-state index is -0.0885. The zero-order valence-electron chi connectivity index (χ0n) is 15.5. The predicted molar refractivity (Wildman–Crippen MR) is 109 cm³/mol. The van der Waals surface area contributed by atoms with Crippen molar-refractivity contribution in [2.75, 3.05) is 21.0 Å². The van der Waals surface area contributed by atoms with E-state index in [4.69, 9.17) is 18.9 Å². The summed E-state index contributed by atoms with van der Waals surface area (Å²) in [4.78, 5) is 13.5. The Morgan fingerprint density at radius 3 is 2.64 bits per heavy atom. The Bertz CT molecular complexity index is 1180. The van der Waals surface area contributed by atoms with E-state index in [0.29, 0.717) is 29.2 Å². The first-order valence-electron chi connectivity index (χ1n) is 9.04. The van der Waals surface area contributed by atoms with Crippen LogP contribution in [0.3, 0.4) is 0 Å². The topological polar surface area (TPSA) is 58.9 Å². The average Bonchev–Trinajstić information content (AvgIpc) is 3.08. The maximum atomic E-state index is 13.5. The Labute approximate surface area is 169 Å². The van der Waals surface area contributed by atoms with Crippen LogP contribution in [0.25, 0.3) is 22.0 Å². The molecule has 0 N–H and O–H groups in total. The molecule has 0 unspecified atom stereocenters. The Kier molecular flexibility index (Phi) is 4.01. The first-order valence-corrected chi connectivity index (χ1v) is 9.83. The molecule has 0 saturated heterocycles. The van der Waals surface area contributed by atoms with Gasteiger partial charge in [0.1, 0.15) is 0 Å². The lowest BCUT2D eigenvalue weighted by Gasteiger charge is -2.18. The molecule has 28 heavy (non-hydrogen) atoms. The highest BCUT2D eigenvalue weighted by atomic mass is 79.9. The van der Waals surface area contributed by atoms with Gasteiger partial charge in [0.05, 0.1) is 29.8 Å². The summed E-state index contributed by atoms with van der Waals surface area (Å²) in [5.74, 6) is 2.46. The van der Waals surface area contributed by atoms with Crippen molar-refractivity contribution in [1.29, 1.82) is 0 Å². The molecule has 3 aromatic rings. The Hall–Kier alpha value is -2.67. The highest BCUT2D eigenvalue weighted by molar-refractivity contribution is 9.10. The van der Waals surface area contributed by atoms with Crippen LogP contribution in [0.1, 0.15) is 12.0 Å². The van der Waals surface area contributed by atoms with Gasteiger partial charge in [-0.25, -0.2) is 0 Å². The number of ether oxygens (including phenoxy) is 4. The second-order valence-electron chi connectivity index (χ2n) is 6.81. The van der Waals surface area contributed by atoms with Gasteiger partial charge < -0.3 is 23.5 Å². The van der Waals surface area contributed by atoms with Gasteiger partial charge in [-0.15, -0.1) is 0 Å². The van der Waals surface area contributed by atoms with Crippen LogP contribution in [0.4, 0.5) is 0 Å². The van der Waals surface area contributed by atoms with Crippen LogP contribution >= 0.6 is 15.9 Å². The maximum absolute atomic E-state index is 13.5. The summed E-state index contributed by atoms with van der Waals surface area (Å²) in [5, 5.41) is 1.31. The number of hydrogen-bond acceptors (Lipinski definition) is 5. The summed E-state index contributed by atoms with van der Waals surface area (Å²) in [6.45, 7) is 0.838. The fourth-order valence-electron chi connectivity index (χ4n) is 4.12. The number of nitrogens with zero attached hydrogens (tertiary/aromatic N) is 1. The number of aromatic nitrogens is 1. The lowest BCUT2D eigenvalue weighted by atomic mass is 9.99. The highest BCUT2D eigenvalue weighted by Crippen LogP contribution is 2.45. The number of fused-ring (bicyclic) bond motifs is 5. The third-order valence-corrected chi connectivity index (χ3v) is 6.20. The number of benzene rings is 2. The summed E-state index contributed by atoms with van der Waals surface area (Å²) in [5.41, 5.74) is 2.91. The minimum Gasteiger partial charge on any atom is -0.493 e. The van der Waals surface area contributed by atoms with Crippen molar-refractivity contribution in [3.8, 4) is 34.3 Å². The number of rotatable bonds is 2. The van der Waals surface area contributed by atoms with E-state index in [-0.39, 0.29) is 12.4 Å². The van der Waals surface area contributed by atoms with Gasteiger partial charge in [-0.1, -0.05) is 0 Å². The van der Waals surface area contributed by atoms with Crippen LogP contribution in [0.2, 0.25) is 0 Å². The Morgan fingerprint density at radius 2 is 1.89 bits per heavy atom. The zero-order valence-corrected chi connectivity index (χ0v) is 17.1. The minimum absolute atomic E-state index is 0.0885. The van der Waals surface area contributed by atoms with Crippen LogP contribution in [0.5, 0.6) is 23.0 Å². The molecule has 0 aliphatic carbocycles. The van der Waals surface area contributed by atoms with E-state index >= 15 is 0 Å². The summed E-state index contributed by atoms with van der Waals surface area (Å²) in [7, 11) is 3.12. The maximum Gasteiger partial charge on any atom is 0.262 e. The van der Waals surface area contributed by atoms with Crippen LogP contribution in [-0.2, 0) is 13.0 Å². The van der Waals surface area contributed by atoms with Gasteiger partial charge in [0, 0.05) is 17.5 Å². The molecule has 144 valence electrons. The highest BCUT2D eigenvalue weighted by Gasteiger charge is 2.27. The number of pyridine rings is 1. The van der Waals surface area contributed by atoms with E-state index in [1.165, 1.54) is 0 Å². The molecule has 0 fully saturated rings. The van der Waals surface area contributed by atoms with Crippen molar-refractivity contribution >= 4 is 26.7 Å². The number of methoxy groups -OCH3 is 2. The first kappa shape index (κ1) is 17.4. The lowest BCUT2D eigenvalue weighted by Crippen LogP contribution is -2.22. The van der Waals surface area contributed by atoms with E-state index in [0.717, 1.165) is 45.3 Å². The van der Waals surface area contributed by atoms with Crippen LogP contribution in [-0.4, -0.2) is 25.6 Å². The molecular weight excluding hydrogens is 426 g/mol. The molecule has 0 atom stereocenters. The Balaban J connectivity index is 1.90. The summed E-state index contributed by atoms with van der Waals surface area (Å²) in [6, 6.07) is 7.72. The standard InChI is InChI=1S/C21H18BrNO5/c1-25-14-6-5-12-17(20(14)26-2)21(24)23-7-3-4-11-8-15-16(28-10-27-15)9-13(11)19(23)18(12)22/h5-6,8-9H,3-4,7,10H2,1-2H3. The van der Waals surface area contributed by atoms with Gasteiger partial charge in [0.2, 0.25) is 6.79 Å². The average molecular weight is 444 g/mol. The van der Waals surface area contributed by atoms with Crippen molar-refractivity contribution in [2.24, 2.45) is 0 Å². The molecule has 1 aromatic heterocycles. The van der Waals surface area contributed by atoms with E-state index in [1.54, 1.807) is 14.2 Å². The largest absolute Gasteiger partial charge is 0.493 e. The molecule has 0 amide bonds. The van der Waals surface area contributed by atoms with Gasteiger partial charge in [0.25, 0.3) is 5.56 Å². The third-order valence-electron chi connectivity index (χ3n) is 5.40. The molecule has 2 aliphatic heterocycles. The monoisotopic (exact) mass is 443 g/mol. The van der Waals surface area contributed by atoms with E-state index < -0.39 is 0 Å². The van der Waals surface area contributed by atoms with Crippen LogP contribution < -0.4 is 24.5 Å².